The number of ether oxygens (including phenoxy) is 2. The predicted molar refractivity (Wildman–Crippen MR) is 169 cm³/mol. The summed E-state index contributed by atoms with van der Waals surface area (Å²) in [6.45, 7) is 1.66. The Morgan fingerprint density at radius 2 is 1.26 bits per heavy atom. The van der Waals surface area contributed by atoms with Crippen molar-refractivity contribution in [2.45, 2.75) is 6.42 Å². The maximum absolute atomic E-state index is 13.1. The molecule has 0 aromatic heterocycles. The van der Waals surface area contributed by atoms with Crippen LogP contribution >= 0.6 is 0 Å². The minimum Gasteiger partial charge on any atom is -0.491 e. The molecule has 0 fully saturated rings. The summed E-state index contributed by atoms with van der Waals surface area (Å²) in [5, 5.41) is 9.02. The lowest BCUT2D eigenvalue weighted by atomic mass is 10.0. The van der Waals surface area contributed by atoms with Crippen molar-refractivity contribution < 1.29 is 19.1 Å². The molecule has 0 saturated carbocycles. The lowest BCUT2D eigenvalue weighted by Gasteiger charge is -2.12. The van der Waals surface area contributed by atoms with Crippen molar-refractivity contribution in [1.82, 2.24) is 5.32 Å². The first-order valence-electron chi connectivity index (χ1n) is 14.0. The molecule has 10 nitrogen and oxygen atoms in total. The van der Waals surface area contributed by atoms with Crippen LogP contribution in [0, 0.1) is 0 Å². The average Bonchev–Trinajstić information content (AvgIpc) is 3.36. The van der Waals surface area contributed by atoms with Gasteiger partial charge < -0.3 is 36.9 Å². The van der Waals surface area contributed by atoms with Crippen LogP contribution in [-0.2, 0) is 6.42 Å². The second kappa shape index (κ2) is 13.5. The summed E-state index contributed by atoms with van der Waals surface area (Å²) in [5.74, 6) is 0.454. The standard InChI is InChI=1S/C33H34N6O4/c1-36-14-16-42-29-8-4-2-6-27(29)31(40)38-23-10-12-25-21(19-23)18-22-20-24(11-13-26(22)25)39-32(41)28-7-3-5-9-30(28)43-17-15-37-33(34)35/h2-13,19-20,36H,14-18H2,1H3,(H,38,40)(H,39,41)(H4,34,35,37). The minimum atomic E-state index is -0.284. The number of nitrogens with zero attached hydrogens (tertiary/aromatic N) is 1. The van der Waals surface area contributed by atoms with E-state index in [0.29, 0.717) is 53.6 Å². The Morgan fingerprint density at radius 3 is 1.77 bits per heavy atom. The van der Waals surface area contributed by atoms with Gasteiger partial charge in [-0.1, -0.05) is 36.4 Å². The van der Waals surface area contributed by atoms with Crippen LogP contribution in [0.2, 0.25) is 0 Å². The third-order valence-electron chi connectivity index (χ3n) is 6.91. The molecule has 43 heavy (non-hydrogen) atoms. The topological polar surface area (TPSA) is 153 Å². The van der Waals surface area contributed by atoms with E-state index < -0.39 is 0 Å². The number of likely N-dealkylation sites (N-methyl/N-ethyl adjacent to an activating group) is 1. The van der Waals surface area contributed by atoms with Gasteiger partial charge in [-0.3, -0.25) is 14.6 Å². The van der Waals surface area contributed by atoms with Gasteiger partial charge in [0.2, 0.25) is 0 Å². The molecule has 0 radical (unpaired) electrons. The van der Waals surface area contributed by atoms with Gasteiger partial charge in [-0.2, -0.15) is 0 Å². The summed E-state index contributed by atoms with van der Waals surface area (Å²) in [4.78, 5) is 30.1. The number of rotatable bonds is 12. The Labute approximate surface area is 250 Å². The second-order valence-electron chi connectivity index (χ2n) is 9.93. The summed E-state index contributed by atoms with van der Waals surface area (Å²) >= 11 is 0. The normalized spacial score (nSPS) is 11.2. The number of hydrogen-bond donors (Lipinski definition) is 5. The summed E-state index contributed by atoms with van der Waals surface area (Å²) in [5.41, 5.74) is 17.3. The van der Waals surface area contributed by atoms with E-state index in [-0.39, 0.29) is 30.9 Å². The number of nitrogens with one attached hydrogen (secondary N) is 3. The number of aliphatic imine (C=N–C) groups is 1. The number of amides is 2. The fraction of sp³-hybridized carbons (Fsp3) is 0.182. The van der Waals surface area contributed by atoms with E-state index in [2.05, 4.69) is 20.9 Å². The van der Waals surface area contributed by atoms with Gasteiger partial charge >= 0.3 is 0 Å². The quantitative estimate of drug-likeness (QED) is 0.0852. The van der Waals surface area contributed by atoms with E-state index in [1.165, 1.54) is 0 Å². The molecule has 2 amide bonds. The third kappa shape index (κ3) is 7.11. The van der Waals surface area contributed by atoms with Crippen molar-refractivity contribution in [2.24, 2.45) is 16.5 Å². The van der Waals surface area contributed by atoms with Crippen molar-refractivity contribution in [3.8, 4) is 22.6 Å². The number of para-hydroxylation sites is 2. The zero-order valence-corrected chi connectivity index (χ0v) is 23.9. The maximum atomic E-state index is 13.1. The highest BCUT2D eigenvalue weighted by molar-refractivity contribution is 6.07. The van der Waals surface area contributed by atoms with Crippen LogP contribution in [0.3, 0.4) is 0 Å². The number of carbonyl (C=O) groups excluding carboxylic acids is 2. The molecular weight excluding hydrogens is 544 g/mol. The van der Waals surface area contributed by atoms with Gasteiger partial charge in [-0.25, -0.2) is 0 Å². The number of benzene rings is 4. The van der Waals surface area contributed by atoms with E-state index in [9.17, 15) is 9.59 Å². The van der Waals surface area contributed by atoms with Crippen LogP contribution in [0.4, 0.5) is 11.4 Å². The zero-order valence-electron chi connectivity index (χ0n) is 23.9. The molecular formula is C33H34N6O4. The predicted octanol–water partition coefficient (Wildman–Crippen LogP) is 4.01. The van der Waals surface area contributed by atoms with E-state index in [1.807, 2.05) is 55.6 Å². The highest BCUT2D eigenvalue weighted by Crippen LogP contribution is 2.39. The van der Waals surface area contributed by atoms with Gasteiger partial charge in [0.15, 0.2) is 5.96 Å². The highest BCUT2D eigenvalue weighted by atomic mass is 16.5. The first-order chi connectivity index (χ1) is 20.9. The van der Waals surface area contributed by atoms with Gasteiger partial charge in [0.1, 0.15) is 24.7 Å². The highest BCUT2D eigenvalue weighted by Gasteiger charge is 2.21. The lowest BCUT2D eigenvalue weighted by Crippen LogP contribution is -2.23. The number of nitrogens with two attached hydrogens (primary N) is 2. The molecule has 0 saturated heterocycles. The zero-order chi connectivity index (χ0) is 30.2. The Bertz CT molecular complexity index is 1670. The molecule has 4 aromatic carbocycles. The fourth-order valence-corrected chi connectivity index (χ4v) is 4.92. The second-order valence-corrected chi connectivity index (χ2v) is 9.93. The van der Waals surface area contributed by atoms with Crippen molar-refractivity contribution in [2.75, 3.05) is 44.0 Å². The molecule has 0 bridgehead atoms. The van der Waals surface area contributed by atoms with Crippen molar-refractivity contribution >= 4 is 29.1 Å². The molecule has 0 spiro atoms. The Morgan fingerprint density at radius 1 is 0.744 bits per heavy atom. The third-order valence-corrected chi connectivity index (χ3v) is 6.91. The van der Waals surface area contributed by atoms with Gasteiger partial charge in [0.05, 0.1) is 17.7 Å². The summed E-state index contributed by atoms with van der Waals surface area (Å²) in [7, 11) is 1.85. The van der Waals surface area contributed by atoms with Crippen LogP contribution < -0.4 is 36.9 Å². The SMILES string of the molecule is CNCCOc1ccccc1C(=O)Nc1ccc2c(c1)Cc1cc(NC(=O)c3ccccc3OCCN=C(N)N)ccc1-2. The number of hydrogen-bond acceptors (Lipinski definition) is 6. The van der Waals surface area contributed by atoms with Gasteiger partial charge in [0.25, 0.3) is 11.8 Å². The van der Waals surface area contributed by atoms with Crippen LogP contribution in [0.1, 0.15) is 31.8 Å². The monoisotopic (exact) mass is 578 g/mol. The van der Waals surface area contributed by atoms with E-state index in [0.717, 1.165) is 22.3 Å². The van der Waals surface area contributed by atoms with E-state index in [1.54, 1.807) is 36.4 Å². The molecule has 0 atom stereocenters. The van der Waals surface area contributed by atoms with Crippen LogP contribution in [0.15, 0.2) is 89.9 Å². The lowest BCUT2D eigenvalue weighted by molar-refractivity contribution is 0.101. The molecule has 0 heterocycles. The fourth-order valence-electron chi connectivity index (χ4n) is 4.92. The van der Waals surface area contributed by atoms with E-state index >= 15 is 0 Å². The molecule has 1 aliphatic rings. The molecule has 4 aromatic rings. The summed E-state index contributed by atoms with van der Waals surface area (Å²) < 4.78 is 11.5. The smallest absolute Gasteiger partial charge is 0.259 e. The molecule has 7 N–H and O–H groups in total. The minimum absolute atomic E-state index is 0.0125. The molecule has 1 aliphatic carbocycles. The Kier molecular flexibility index (Phi) is 9.18. The van der Waals surface area contributed by atoms with Crippen molar-refractivity contribution in [3.63, 3.8) is 0 Å². The summed E-state index contributed by atoms with van der Waals surface area (Å²) in [6.07, 6.45) is 0.673. The van der Waals surface area contributed by atoms with Gasteiger partial charge in [0, 0.05) is 17.9 Å². The number of guanidine groups is 1. The van der Waals surface area contributed by atoms with Crippen LogP contribution in [0.5, 0.6) is 11.5 Å². The number of fused-ring (bicyclic) bond motifs is 3. The first-order valence-corrected chi connectivity index (χ1v) is 14.0. The Balaban J connectivity index is 1.25. The molecule has 220 valence electrons. The van der Waals surface area contributed by atoms with Crippen molar-refractivity contribution in [1.29, 1.82) is 0 Å². The maximum Gasteiger partial charge on any atom is 0.259 e. The first kappa shape index (κ1) is 29.2. The largest absolute Gasteiger partial charge is 0.491 e. The number of carbonyl (C=O) groups is 2. The Hall–Kier alpha value is -5.35. The molecule has 10 heteroatoms. The number of anilines is 2. The summed E-state index contributed by atoms with van der Waals surface area (Å²) in [6, 6.07) is 26.0. The average molecular weight is 579 g/mol. The van der Waals surface area contributed by atoms with E-state index in [4.69, 9.17) is 20.9 Å². The van der Waals surface area contributed by atoms with Gasteiger partial charge in [-0.15, -0.1) is 0 Å². The van der Waals surface area contributed by atoms with Crippen LogP contribution in [0.25, 0.3) is 11.1 Å². The van der Waals surface area contributed by atoms with Gasteiger partial charge in [-0.05, 0) is 84.3 Å². The molecule has 0 unspecified atom stereocenters. The molecule has 5 rings (SSSR count). The molecule has 0 aliphatic heterocycles. The van der Waals surface area contributed by atoms with Crippen molar-refractivity contribution in [3.05, 3.63) is 107 Å². The van der Waals surface area contributed by atoms with Crippen LogP contribution in [-0.4, -0.2) is 51.1 Å².